The first-order valence-corrected chi connectivity index (χ1v) is 3.61. The SMILES string of the molecule is CC/C(C)=N/NC1CC1. The third-order valence-corrected chi connectivity index (χ3v) is 1.53. The van der Waals surface area contributed by atoms with Crippen LogP contribution in [-0.4, -0.2) is 11.8 Å². The van der Waals surface area contributed by atoms with Crippen LogP contribution in [0.3, 0.4) is 0 Å². The lowest BCUT2D eigenvalue weighted by Gasteiger charge is -1.96. The zero-order chi connectivity index (χ0) is 6.69. The highest BCUT2D eigenvalue weighted by molar-refractivity contribution is 5.81. The maximum absolute atomic E-state index is 4.17. The summed E-state index contributed by atoms with van der Waals surface area (Å²) in [6, 6.07) is 0.700. The molecular formula is C7H14N2. The molecule has 0 spiro atoms. The minimum atomic E-state index is 0.700. The van der Waals surface area contributed by atoms with Gasteiger partial charge in [-0.25, -0.2) is 0 Å². The van der Waals surface area contributed by atoms with Crippen LogP contribution >= 0.6 is 0 Å². The van der Waals surface area contributed by atoms with E-state index in [1.165, 1.54) is 18.6 Å². The maximum Gasteiger partial charge on any atom is 0.0441 e. The van der Waals surface area contributed by atoms with Crippen molar-refractivity contribution in [3.05, 3.63) is 0 Å². The van der Waals surface area contributed by atoms with Crippen molar-refractivity contribution >= 4 is 5.71 Å². The monoisotopic (exact) mass is 126 g/mol. The smallest absolute Gasteiger partial charge is 0.0441 e. The van der Waals surface area contributed by atoms with E-state index in [0.717, 1.165) is 6.42 Å². The van der Waals surface area contributed by atoms with Gasteiger partial charge in [-0.05, 0) is 26.2 Å². The third-order valence-electron chi connectivity index (χ3n) is 1.53. The van der Waals surface area contributed by atoms with Crippen molar-refractivity contribution in [3.8, 4) is 0 Å². The first-order valence-electron chi connectivity index (χ1n) is 3.61. The lowest BCUT2D eigenvalue weighted by molar-refractivity contribution is 0.733. The lowest BCUT2D eigenvalue weighted by Crippen LogP contribution is -2.09. The van der Waals surface area contributed by atoms with Crippen molar-refractivity contribution in [2.75, 3.05) is 0 Å². The molecule has 0 amide bonds. The molecule has 9 heavy (non-hydrogen) atoms. The summed E-state index contributed by atoms with van der Waals surface area (Å²) < 4.78 is 0. The normalized spacial score (nSPS) is 20.0. The molecule has 1 saturated carbocycles. The minimum absolute atomic E-state index is 0.700. The Hall–Kier alpha value is -0.530. The van der Waals surface area contributed by atoms with Gasteiger partial charge in [-0.2, -0.15) is 5.10 Å². The molecule has 0 radical (unpaired) electrons. The summed E-state index contributed by atoms with van der Waals surface area (Å²) in [5.74, 6) is 0. The molecule has 0 saturated heterocycles. The number of hydrogen-bond acceptors (Lipinski definition) is 2. The first-order chi connectivity index (χ1) is 4.33. The molecule has 1 aliphatic carbocycles. The van der Waals surface area contributed by atoms with E-state index in [1.54, 1.807) is 0 Å². The van der Waals surface area contributed by atoms with E-state index in [1.807, 2.05) is 0 Å². The molecule has 1 fully saturated rings. The second-order valence-corrected chi connectivity index (χ2v) is 2.60. The highest BCUT2D eigenvalue weighted by Gasteiger charge is 2.19. The summed E-state index contributed by atoms with van der Waals surface area (Å²) in [5.41, 5.74) is 4.29. The lowest BCUT2D eigenvalue weighted by atomic mass is 10.3. The molecule has 0 unspecified atom stereocenters. The molecule has 52 valence electrons. The minimum Gasteiger partial charge on any atom is -0.307 e. The van der Waals surface area contributed by atoms with E-state index < -0.39 is 0 Å². The average Bonchev–Trinajstić information content (AvgIpc) is 2.65. The molecule has 0 atom stereocenters. The zero-order valence-electron chi connectivity index (χ0n) is 6.15. The molecule has 0 bridgehead atoms. The van der Waals surface area contributed by atoms with Gasteiger partial charge >= 0.3 is 0 Å². The highest BCUT2D eigenvalue weighted by atomic mass is 15.3. The van der Waals surface area contributed by atoms with Gasteiger partial charge in [0.1, 0.15) is 0 Å². The van der Waals surface area contributed by atoms with Gasteiger partial charge in [0.15, 0.2) is 0 Å². The van der Waals surface area contributed by atoms with Crippen LogP contribution in [0.5, 0.6) is 0 Å². The third kappa shape index (κ3) is 2.49. The largest absolute Gasteiger partial charge is 0.307 e. The van der Waals surface area contributed by atoms with Crippen LogP contribution in [0.25, 0.3) is 0 Å². The molecule has 0 aliphatic heterocycles. The fraction of sp³-hybridized carbons (Fsp3) is 0.857. The molecule has 0 aromatic carbocycles. The Balaban J connectivity index is 2.12. The quantitative estimate of drug-likeness (QED) is 0.450. The van der Waals surface area contributed by atoms with Crippen molar-refractivity contribution < 1.29 is 0 Å². The molecule has 2 nitrogen and oxygen atoms in total. The van der Waals surface area contributed by atoms with Crippen LogP contribution in [0.4, 0.5) is 0 Å². The molecular weight excluding hydrogens is 112 g/mol. The van der Waals surface area contributed by atoms with Gasteiger partial charge in [-0.1, -0.05) is 6.92 Å². The van der Waals surface area contributed by atoms with Crippen LogP contribution in [-0.2, 0) is 0 Å². The summed E-state index contributed by atoms with van der Waals surface area (Å²) >= 11 is 0. The number of nitrogens with zero attached hydrogens (tertiary/aromatic N) is 1. The Morgan fingerprint density at radius 3 is 2.78 bits per heavy atom. The molecule has 0 heterocycles. The zero-order valence-corrected chi connectivity index (χ0v) is 6.15. The number of hydrogen-bond donors (Lipinski definition) is 1. The van der Waals surface area contributed by atoms with E-state index in [2.05, 4.69) is 24.4 Å². The van der Waals surface area contributed by atoms with E-state index >= 15 is 0 Å². The van der Waals surface area contributed by atoms with Gasteiger partial charge in [0.2, 0.25) is 0 Å². The Morgan fingerprint density at radius 2 is 2.33 bits per heavy atom. The van der Waals surface area contributed by atoms with Crippen LogP contribution in [0.15, 0.2) is 5.10 Å². The summed E-state index contributed by atoms with van der Waals surface area (Å²) in [6.45, 7) is 4.17. The van der Waals surface area contributed by atoms with Gasteiger partial charge in [0, 0.05) is 11.8 Å². The number of nitrogens with one attached hydrogen (secondary N) is 1. The second-order valence-electron chi connectivity index (χ2n) is 2.60. The van der Waals surface area contributed by atoms with Crippen molar-refractivity contribution in [2.45, 2.75) is 39.2 Å². The Kier molecular flexibility index (Phi) is 2.09. The standard InChI is InChI=1S/C7H14N2/c1-3-6(2)8-9-7-4-5-7/h7,9H,3-5H2,1-2H3/b8-6+. The number of hydrazone groups is 1. The van der Waals surface area contributed by atoms with Crippen LogP contribution in [0.1, 0.15) is 33.1 Å². The summed E-state index contributed by atoms with van der Waals surface area (Å²) in [5, 5.41) is 4.17. The molecule has 1 rings (SSSR count). The maximum atomic E-state index is 4.17. The highest BCUT2D eigenvalue weighted by Crippen LogP contribution is 2.18. The van der Waals surface area contributed by atoms with Gasteiger partial charge < -0.3 is 5.43 Å². The van der Waals surface area contributed by atoms with Crippen LogP contribution < -0.4 is 5.43 Å². The van der Waals surface area contributed by atoms with Gasteiger partial charge in [0.05, 0.1) is 0 Å². The van der Waals surface area contributed by atoms with Crippen molar-refractivity contribution in [2.24, 2.45) is 5.10 Å². The predicted molar refractivity (Wildman–Crippen MR) is 39.6 cm³/mol. The topological polar surface area (TPSA) is 24.4 Å². The summed E-state index contributed by atoms with van der Waals surface area (Å²) in [7, 11) is 0. The van der Waals surface area contributed by atoms with Crippen molar-refractivity contribution in [3.63, 3.8) is 0 Å². The van der Waals surface area contributed by atoms with Gasteiger partial charge in [-0.15, -0.1) is 0 Å². The Morgan fingerprint density at radius 1 is 1.67 bits per heavy atom. The van der Waals surface area contributed by atoms with Crippen LogP contribution in [0.2, 0.25) is 0 Å². The second kappa shape index (κ2) is 2.85. The van der Waals surface area contributed by atoms with Gasteiger partial charge in [0.25, 0.3) is 0 Å². The molecule has 2 heteroatoms. The predicted octanol–water partition coefficient (Wildman–Crippen LogP) is 1.52. The Bertz CT molecular complexity index is 114. The fourth-order valence-electron chi connectivity index (χ4n) is 0.493. The first kappa shape index (κ1) is 6.59. The summed E-state index contributed by atoms with van der Waals surface area (Å²) in [6.07, 6.45) is 3.67. The number of rotatable bonds is 3. The van der Waals surface area contributed by atoms with E-state index in [9.17, 15) is 0 Å². The molecule has 0 aromatic heterocycles. The summed E-state index contributed by atoms with van der Waals surface area (Å²) in [4.78, 5) is 0. The van der Waals surface area contributed by atoms with Crippen molar-refractivity contribution in [1.29, 1.82) is 0 Å². The molecule has 0 aromatic rings. The molecule has 1 aliphatic rings. The van der Waals surface area contributed by atoms with E-state index in [-0.39, 0.29) is 0 Å². The van der Waals surface area contributed by atoms with E-state index in [0.29, 0.717) is 6.04 Å². The van der Waals surface area contributed by atoms with E-state index in [4.69, 9.17) is 0 Å². The van der Waals surface area contributed by atoms with Gasteiger partial charge in [-0.3, -0.25) is 0 Å². The Labute approximate surface area is 56.3 Å². The molecule has 1 N–H and O–H groups in total. The van der Waals surface area contributed by atoms with Crippen molar-refractivity contribution in [1.82, 2.24) is 5.43 Å². The fourth-order valence-corrected chi connectivity index (χ4v) is 0.493. The average molecular weight is 126 g/mol. The van der Waals surface area contributed by atoms with Crippen LogP contribution in [0, 0.1) is 0 Å².